The first-order valence-corrected chi connectivity index (χ1v) is 6.34. The van der Waals surface area contributed by atoms with E-state index in [4.69, 9.17) is 4.74 Å². The van der Waals surface area contributed by atoms with Crippen molar-refractivity contribution >= 4 is 21.6 Å². The van der Waals surface area contributed by atoms with Gasteiger partial charge >= 0.3 is 0 Å². The first kappa shape index (κ1) is 10.2. The standard InChI is InChI=1S/C12H13NO2S/c14-8-4-5-15-11(6-8)9-2-1-3-10-12(9)16-7-13-10/h1-3,7-8,11,14H,4-6H2. The van der Waals surface area contributed by atoms with E-state index >= 15 is 0 Å². The van der Waals surface area contributed by atoms with Crippen molar-refractivity contribution in [1.29, 1.82) is 0 Å². The smallest absolute Gasteiger partial charge is 0.0864 e. The molecule has 0 radical (unpaired) electrons. The number of fused-ring (bicyclic) bond motifs is 1. The average molecular weight is 235 g/mol. The van der Waals surface area contributed by atoms with Crippen LogP contribution in [-0.2, 0) is 4.74 Å². The molecule has 2 atom stereocenters. The van der Waals surface area contributed by atoms with Gasteiger partial charge in [-0.25, -0.2) is 4.98 Å². The molecule has 3 rings (SSSR count). The lowest BCUT2D eigenvalue weighted by Gasteiger charge is -2.27. The third-order valence-corrected chi connectivity index (χ3v) is 3.88. The van der Waals surface area contributed by atoms with E-state index in [1.54, 1.807) is 11.3 Å². The van der Waals surface area contributed by atoms with Gasteiger partial charge in [-0.05, 0) is 12.5 Å². The number of hydrogen-bond donors (Lipinski definition) is 1. The molecule has 2 unspecified atom stereocenters. The normalized spacial score (nSPS) is 26.1. The van der Waals surface area contributed by atoms with Gasteiger partial charge in [0.15, 0.2) is 0 Å². The zero-order valence-electron chi connectivity index (χ0n) is 8.80. The van der Waals surface area contributed by atoms with Crippen LogP contribution < -0.4 is 0 Å². The summed E-state index contributed by atoms with van der Waals surface area (Å²) in [6, 6.07) is 6.08. The number of nitrogens with zero attached hydrogens (tertiary/aromatic N) is 1. The maximum absolute atomic E-state index is 9.67. The van der Waals surface area contributed by atoms with E-state index in [0.29, 0.717) is 13.0 Å². The minimum atomic E-state index is -0.234. The monoisotopic (exact) mass is 235 g/mol. The second kappa shape index (κ2) is 4.13. The molecule has 0 saturated carbocycles. The Labute approximate surface area is 97.7 Å². The Balaban J connectivity index is 2.01. The van der Waals surface area contributed by atoms with E-state index in [9.17, 15) is 5.11 Å². The second-order valence-electron chi connectivity index (χ2n) is 4.09. The van der Waals surface area contributed by atoms with Gasteiger partial charge in [-0.1, -0.05) is 12.1 Å². The van der Waals surface area contributed by atoms with Gasteiger partial charge in [0, 0.05) is 18.6 Å². The molecule has 3 nitrogen and oxygen atoms in total. The van der Waals surface area contributed by atoms with Crippen LogP contribution in [0, 0.1) is 0 Å². The molecule has 1 fully saturated rings. The van der Waals surface area contributed by atoms with Gasteiger partial charge in [0.05, 0.1) is 27.9 Å². The molecule has 1 aromatic carbocycles. The zero-order valence-corrected chi connectivity index (χ0v) is 9.61. The Hall–Kier alpha value is -0.970. The lowest BCUT2D eigenvalue weighted by Crippen LogP contribution is -2.23. The van der Waals surface area contributed by atoms with Crippen LogP contribution in [0.15, 0.2) is 23.7 Å². The van der Waals surface area contributed by atoms with E-state index in [0.717, 1.165) is 11.9 Å². The lowest BCUT2D eigenvalue weighted by molar-refractivity contribution is -0.0440. The number of benzene rings is 1. The van der Waals surface area contributed by atoms with E-state index in [2.05, 4.69) is 11.1 Å². The molecular formula is C12H13NO2S. The first-order valence-electron chi connectivity index (χ1n) is 5.46. The number of ether oxygens (including phenoxy) is 1. The Kier molecular flexibility index (Phi) is 2.63. The summed E-state index contributed by atoms with van der Waals surface area (Å²) in [5, 5.41) is 9.67. The minimum Gasteiger partial charge on any atom is -0.393 e. The van der Waals surface area contributed by atoms with Gasteiger partial charge in [0.25, 0.3) is 0 Å². The van der Waals surface area contributed by atoms with E-state index in [1.165, 1.54) is 10.3 Å². The van der Waals surface area contributed by atoms with E-state index in [1.807, 2.05) is 17.6 Å². The molecule has 2 aromatic rings. The predicted molar refractivity (Wildman–Crippen MR) is 63.6 cm³/mol. The van der Waals surface area contributed by atoms with Gasteiger partial charge in [-0.2, -0.15) is 0 Å². The second-order valence-corrected chi connectivity index (χ2v) is 4.94. The molecule has 1 aromatic heterocycles. The Morgan fingerprint density at radius 2 is 2.38 bits per heavy atom. The van der Waals surface area contributed by atoms with Crippen molar-refractivity contribution in [2.24, 2.45) is 0 Å². The fraction of sp³-hybridized carbons (Fsp3) is 0.417. The highest BCUT2D eigenvalue weighted by molar-refractivity contribution is 7.16. The summed E-state index contributed by atoms with van der Waals surface area (Å²) in [4.78, 5) is 4.29. The van der Waals surface area contributed by atoms with Crippen LogP contribution in [0.4, 0.5) is 0 Å². The highest BCUT2D eigenvalue weighted by Gasteiger charge is 2.24. The summed E-state index contributed by atoms with van der Waals surface area (Å²) in [6.07, 6.45) is 1.22. The van der Waals surface area contributed by atoms with Crippen LogP contribution in [0.25, 0.3) is 10.2 Å². The minimum absolute atomic E-state index is 0.0212. The van der Waals surface area contributed by atoms with Crippen LogP contribution >= 0.6 is 11.3 Å². The van der Waals surface area contributed by atoms with Gasteiger partial charge < -0.3 is 9.84 Å². The van der Waals surface area contributed by atoms with Crippen LogP contribution in [-0.4, -0.2) is 22.8 Å². The average Bonchev–Trinajstić information content (AvgIpc) is 2.76. The summed E-state index contributed by atoms with van der Waals surface area (Å²) in [5.41, 5.74) is 4.04. The van der Waals surface area contributed by atoms with Crippen LogP contribution in [0.2, 0.25) is 0 Å². The summed E-state index contributed by atoms with van der Waals surface area (Å²) in [5.74, 6) is 0. The van der Waals surface area contributed by atoms with E-state index < -0.39 is 0 Å². The van der Waals surface area contributed by atoms with Crippen LogP contribution in [0.3, 0.4) is 0 Å². The molecule has 1 aliphatic heterocycles. The molecule has 16 heavy (non-hydrogen) atoms. The topological polar surface area (TPSA) is 42.4 Å². The molecule has 1 N–H and O–H groups in total. The summed E-state index contributed by atoms with van der Waals surface area (Å²) >= 11 is 1.64. The van der Waals surface area contributed by atoms with Crippen molar-refractivity contribution in [2.45, 2.75) is 25.0 Å². The molecule has 0 bridgehead atoms. The molecule has 1 aliphatic rings. The van der Waals surface area contributed by atoms with Gasteiger partial charge in [0.2, 0.25) is 0 Å². The number of aliphatic hydroxyl groups is 1. The Morgan fingerprint density at radius 1 is 1.44 bits per heavy atom. The number of hydrogen-bond acceptors (Lipinski definition) is 4. The number of aliphatic hydroxyl groups excluding tert-OH is 1. The third-order valence-electron chi connectivity index (χ3n) is 2.99. The SMILES string of the molecule is OC1CCOC(c2cccc3ncsc23)C1. The van der Waals surface area contributed by atoms with Crippen molar-refractivity contribution < 1.29 is 9.84 Å². The highest BCUT2D eigenvalue weighted by atomic mass is 32.1. The summed E-state index contributed by atoms with van der Waals surface area (Å²) in [6.45, 7) is 0.640. The number of rotatable bonds is 1. The van der Waals surface area contributed by atoms with Gasteiger partial charge in [-0.3, -0.25) is 0 Å². The predicted octanol–water partition coefficient (Wildman–Crippen LogP) is 2.51. The van der Waals surface area contributed by atoms with Gasteiger partial charge in [0.1, 0.15) is 0 Å². The van der Waals surface area contributed by atoms with Crippen molar-refractivity contribution in [3.8, 4) is 0 Å². The molecule has 84 valence electrons. The molecule has 0 amide bonds. The van der Waals surface area contributed by atoms with Crippen molar-refractivity contribution in [3.05, 3.63) is 29.3 Å². The molecule has 1 saturated heterocycles. The fourth-order valence-corrected chi connectivity index (χ4v) is 3.01. The molecule has 0 aliphatic carbocycles. The highest BCUT2D eigenvalue weighted by Crippen LogP contribution is 2.34. The third kappa shape index (κ3) is 1.73. The lowest BCUT2D eigenvalue weighted by atomic mass is 9.99. The first-order chi connectivity index (χ1) is 7.84. The van der Waals surface area contributed by atoms with E-state index in [-0.39, 0.29) is 12.2 Å². The molecular weight excluding hydrogens is 222 g/mol. The molecule has 2 heterocycles. The molecule has 0 spiro atoms. The fourth-order valence-electron chi connectivity index (χ4n) is 2.16. The number of thiazole rings is 1. The summed E-state index contributed by atoms with van der Waals surface area (Å²) in [7, 11) is 0. The summed E-state index contributed by atoms with van der Waals surface area (Å²) < 4.78 is 6.91. The van der Waals surface area contributed by atoms with Crippen LogP contribution in [0.5, 0.6) is 0 Å². The molecule has 4 heteroatoms. The van der Waals surface area contributed by atoms with Gasteiger partial charge in [-0.15, -0.1) is 11.3 Å². The van der Waals surface area contributed by atoms with Crippen molar-refractivity contribution in [2.75, 3.05) is 6.61 Å². The van der Waals surface area contributed by atoms with Crippen molar-refractivity contribution in [1.82, 2.24) is 4.98 Å². The quantitative estimate of drug-likeness (QED) is 0.825. The largest absolute Gasteiger partial charge is 0.393 e. The number of aromatic nitrogens is 1. The van der Waals surface area contributed by atoms with Crippen molar-refractivity contribution in [3.63, 3.8) is 0 Å². The Morgan fingerprint density at radius 3 is 3.25 bits per heavy atom. The maximum Gasteiger partial charge on any atom is 0.0864 e. The van der Waals surface area contributed by atoms with Crippen LogP contribution in [0.1, 0.15) is 24.5 Å². The zero-order chi connectivity index (χ0) is 11.0. The Bertz CT molecular complexity index is 496. The maximum atomic E-state index is 9.67.